The van der Waals surface area contributed by atoms with E-state index in [4.69, 9.17) is 0 Å². The summed E-state index contributed by atoms with van der Waals surface area (Å²) in [4.78, 5) is 3.26. The Kier molecular flexibility index (Phi) is 4.87. The fourth-order valence-corrected chi connectivity index (χ4v) is 3.37. The van der Waals surface area contributed by atoms with Crippen LogP contribution in [0.3, 0.4) is 0 Å². The van der Waals surface area contributed by atoms with Crippen LogP contribution in [0.1, 0.15) is 42.2 Å². The number of halogens is 6. The number of aliphatic hydroxyl groups is 1. The van der Waals surface area contributed by atoms with E-state index >= 15 is 0 Å². The van der Waals surface area contributed by atoms with Crippen LogP contribution in [0.2, 0.25) is 0 Å². The number of hydrogen-bond acceptors (Lipinski definition) is 3. The number of fused-ring (bicyclic) bond motifs is 1. The summed E-state index contributed by atoms with van der Waals surface area (Å²) in [6.07, 6.45) is -8.17. The van der Waals surface area contributed by atoms with E-state index < -0.39 is 41.1 Å². The van der Waals surface area contributed by atoms with E-state index in [9.17, 15) is 31.4 Å². The van der Waals surface area contributed by atoms with Crippen LogP contribution in [0.4, 0.5) is 26.3 Å². The average Bonchev–Trinajstić information content (AvgIpc) is 2.58. The number of rotatable bonds is 2. The second-order valence-electron chi connectivity index (χ2n) is 6.29. The van der Waals surface area contributed by atoms with E-state index in [2.05, 4.69) is 10.3 Å². The van der Waals surface area contributed by atoms with Crippen molar-refractivity contribution in [2.75, 3.05) is 6.54 Å². The van der Waals surface area contributed by atoms with Crippen molar-refractivity contribution in [1.82, 2.24) is 10.3 Å². The Morgan fingerprint density at radius 2 is 1.81 bits per heavy atom. The fraction of sp³-hybridized carbons (Fsp3) is 0.471. The van der Waals surface area contributed by atoms with E-state index in [0.29, 0.717) is 19.0 Å². The van der Waals surface area contributed by atoms with Crippen molar-refractivity contribution in [3.8, 4) is 0 Å². The Morgan fingerprint density at radius 3 is 2.38 bits per heavy atom. The van der Waals surface area contributed by atoms with Crippen molar-refractivity contribution in [2.45, 2.75) is 43.8 Å². The van der Waals surface area contributed by atoms with Gasteiger partial charge in [-0.1, -0.05) is 18.6 Å². The molecule has 1 aliphatic heterocycles. The summed E-state index contributed by atoms with van der Waals surface area (Å²) in [6, 6.07) is 2.34. The summed E-state index contributed by atoms with van der Waals surface area (Å²) in [5, 5.41) is 12.3. The molecule has 26 heavy (non-hydrogen) atoms. The van der Waals surface area contributed by atoms with Crippen LogP contribution < -0.4 is 5.32 Å². The molecule has 2 aromatic rings. The fourth-order valence-electron chi connectivity index (χ4n) is 3.37. The maximum absolute atomic E-state index is 13.3. The average molecular weight is 378 g/mol. The molecule has 142 valence electrons. The quantitative estimate of drug-likeness (QED) is 0.759. The molecule has 1 unspecified atom stereocenters. The van der Waals surface area contributed by atoms with Crippen molar-refractivity contribution < 1.29 is 31.4 Å². The van der Waals surface area contributed by atoms with Crippen LogP contribution in [0, 0.1) is 0 Å². The summed E-state index contributed by atoms with van der Waals surface area (Å²) in [5.74, 6) is 0. The van der Waals surface area contributed by atoms with E-state index in [-0.39, 0.29) is 10.9 Å². The van der Waals surface area contributed by atoms with Gasteiger partial charge in [0.25, 0.3) is 0 Å². The van der Waals surface area contributed by atoms with Gasteiger partial charge in [-0.3, -0.25) is 4.98 Å². The van der Waals surface area contributed by atoms with Crippen molar-refractivity contribution in [3.63, 3.8) is 0 Å². The number of pyridine rings is 1. The zero-order valence-corrected chi connectivity index (χ0v) is 13.5. The highest BCUT2D eigenvalue weighted by Crippen LogP contribution is 2.43. The molecule has 0 radical (unpaired) electrons. The first-order valence-electron chi connectivity index (χ1n) is 8.08. The first-order valence-corrected chi connectivity index (χ1v) is 8.08. The standard InChI is InChI=1S/C17H16F6N2O/c18-16(19,20)11-5-3-4-9-10(14(26)12-6-1-2-7-24-12)8-25-15(13(9)11)17(21,22)23/h3-5,8,12,14,24,26H,1-2,6-7H2/t12?,14-/m0/s1. The van der Waals surface area contributed by atoms with E-state index in [1.807, 2.05) is 0 Å². The van der Waals surface area contributed by atoms with Gasteiger partial charge in [-0.25, -0.2) is 0 Å². The number of nitrogens with zero attached hydrogens (tertiary/aromatic N) is 1. The molecule has 0 aliphatic carbocycles. The Bertz CT molecular complexity index is 776. The molecule has 1 saturated heterocycles. The Hall–Kier alpha value is -1.87. The second-order valence-corrected chi connectivity index (χ2v) is 6.29. The second kappa shape index (κ2) is 6.70. The lowest BCUT2D eigenvalue weighted by Crippen LogP contribution is -2.39. The lowest BCUT2D eigenvalue weighted by molar-refractivity contribution is -0.142. The zero-order valence-electron chi connectivity index (χ0n) is 13.5. The smallest absolute Gasteiger partial charge is 0.387 e. The number of piperidine rings is 1. The molecular weight excluding hydrogens is 362 g/mol. The monoisotopic (exact) mass is 378 g/mol. The highest BCUT2D eigenvalue weighted by atomic mass is 19.4. The summed E-state index contributed by atoms with van der Waals surface area (Å²) < 4.78 is 79.7. The molecule has 0 amide bonds. The molecule has 2 heterocycles. The molecular formula is C17H16F6N2O. The Balaban J connectivity index is 2.24. The minimum absolute atomic E-state index is 0.0431. The third kappa shape index (κ3) is 3.50. The molecule has 1 aliphatic rings. The highest BCUT2D eigenvalue weighted by molar-refractivity contribution is 5.91. The largest absolute Gasteiger partial charge is 0.433 e. The predicted octanol–water partition coefficient (Wildman–Crippen LogP) is 4.45. The number of nitrogens with one attached hydrogen (secondary N) is 1. The number of alkyl halides is 6. The summed E-state index contributed by atoms with van der Waals surface area (Å²) in [6.45, 7) is 0.627. The normalized spacial score (nSPS) is 20.3. The molecule has 3 nitrogen and oxygen atoms in total. The number of benzene rings is 1. The van der Waals surface area contributed by atoms with Gasteiger partial charge in [0.05, 0.1) is 11.7 Å². The van der Waals surface area contributed by atoms with Gasteiger partial charge in [0.2, 0.25) is 0 Å². The first kappa shape index (κ1) is 18.9. The minimum atomic E-state index is -5.05. The van der Waals surface area contributed by atoms with E-state index in [0.717, 1.165) is 31.2 Å². The van der Waals surface area contributed by atoms with Crippen molar-refractivity contribution in [1.29, 1.82) is 0 Å². The van der Waals surface area contributed by atoms with Gasteiger partial charge in [-0.15, -0.1) is 0 Å². The minimum Gasteiger partial charge on any atom is -0.387 e. The van der Waals surface area contributed by atoms with E-state index in [1.165, 1.54) is 0 Å². The Labute approximate surface area is 145 Å². The van der Waals surface area contributed by atoms with Crippen LogP contribution in [-0.2, 0) is 12.4 Å². The van der Waals surface area contributed by atoms with Gasteiger partial charge in [0.1, 0.15) is 0 Å². The maximum atomic E-state index is 13.3. The maximum Gasteiger partial charge on any atom is 0.433 e. The molecule has 0 bridgehead atoms. The van der Waals surface area contributed by atoms with Crippen molar-refractivity contribution in [3.05, 3.63) is 41.2 Å². The molecule has 2 atom stereocenters. The zero-order chi connectivity index (χ0) is 19.1. The van der Waals surface area contributed by atoms with Gasteiger partial charge in [-0.2, -0.15) is 26.3 Å². The lowest BCUT2D eigenvalue weighted by Gasteiger charge is -2.29. The van der Waals surface area contributed by atoms with Crippen LogP contribution in [0.25, 0.3) is 10.8 Å². The summed E-state index contributed by atoms with van der Waals surface area (Å²) in [7, 11) is 0. The number of aliphatic hydroxyl groups excluding tert-OH is 1. The summed E-state index contributed by atoms with van der Waals surface area (Å²) >= 11 is 0. The van der Waals surface area contributed by atoms with E-state index in [1.54, 1.807) is 0 Å². The van der Waals surface area contributed by atoms with Gasteiger partial charge < -0.3 is 10.4 Å². The van der Waals surface area contributed by atoms with Crippen molar-refractivity contribution >= 4 is 10.8 Å². The summed E-state index contributed by atoms with van der Waals surface area (Å²) in [5.41, 5.74) is -3.06. The molecule has 0 spiro atoms. The van der Waals surface area contributed by atoms with Crippen LogP contribution in [-0.4, -0.2) is 22.7 Å². The highest BCUT2D eigenvalue weighted by Gasteiger charge is 2.41. The predicted molar refractivity (Wildman–Crippen MR) is 82.3 cm³/mol. The van der Waals surface area contributed by atoms with Crippen LogP contribution in [0.15, 0.2) is 24.4 Å². The molecule has 9 heteroatoms. The van der Waals surface area contributed by atoms with Gasteiger partial charge in [-0.05, 0) is 30.8 Å². The number of hydrogen-bond donors (Lipinski definition) is 2. The lowest BCUT2D eigenvalue weighted by atomic mass is 9.91. The molecule has 2 N–H and O–H groups in total. The van der Waals surface area contributed by atoms with Gasteiger partial charge in [0, 0.05) is 23.2 Å². The molecule has 1 fully saturated rings. The molecule has 1 aromatic heterocycles. The first-order chi connectivity index (χ1) is 12.1. The molecule has 3 rings (SSSR count). The number of aromatic nitrogens is 1. The Morgan fingerprint density at radius 1 is 1.08 bits per heavy atom. The van der Waals surface area contributed by atoms with Crippen LogP contribution >= 0.6 is 0 Å². The van der Waals surface area contributed by atoms with Crippen molar-refractivity contribution in [2.24, 2.45) is 0 Å². The van der Waals surface area contributed by atoms with Crippen LogP contribution in [0.5, 0.6) is 0 Å². The molecule has 1 aromatic carbocycles. The third-order valence-electron chi connectivity index (χ3n) is 4.57. The van der Waals surface area contributed by atoms with Gasteiger partial charge in [0.15, 0.2) is 5.69 Å². The topological polar surface area (TPSA) is 45.2 Å². The van der Waals surface area contributed by atoms with Gasteiger partial charge >= 0.3 is 12.4 Å². The molecule has 0 saturated carbocycles. The third-order valence-corrected chi connectivity index (χ3v) is 4.57. The SMILES string of the molecule is O[C@@H](c1cnc(C(F)(F)F)c2c(C(F)(F)F)cccc12)C1CCCCN1.